The summed E-state index contributed by atoms with van der Waals surface area (Å²) >= 11 is 7.07. The van der Waals surface area contributed by atoms with Gasteiger partial charge in [-0.1, -0.05) is 64.2 Å². The molecule has 0 aromatic carbocycles. The normalized spacial score (nSPS) is 20.4. The molecular weight excluding hydrogens is 402 g/mol. The van der Waals surface area contributed by atoms with E-state index >= 15 is 0 Å². The Morgan fingerprint density at radius 3 is 2.62 bits per heavy atom. The van der Waals surface area contributed by atoms with Crippen LogP contribution in [0.5, 0.6) is 0 Å². The number of hydrogen-bond acceptors (Lipinski definition) is 5. The third kappa shape index (κ3) is 6.07. The molecule has 1 aromatic rings. The molecule has 7 heteroatoms. The molecule has 0 bridgehead atoms. The van der Waals surface area contributed by atoms with E-state index in [1.807, 2.05) is 6.92 Å². The first-order chi connectivity index (χ1) is 13.8. The molecule has 162 valence electrons. The van der Waals surface area contributed by atoms with Crippen molar-refractivity contribution >= 4 is 35.5 Å². The fraction of sp³-hybridized carbons (Fsp3) is 0.682. The molecule has 1 aromatic heterocycles. The second-order valence-electron chi connectivity index (χ2n) is 8.12. The van der Waals surface area contributed by atoms with Crippen LogP contribution < -0.4 is 11.0 Å². The SMILES string of the molecule is CCC/C=C(/Nc1c(C)n(C)c(=O)n(C)c1=S)SCC(=O)C1CCCCCC1C. The lowest BCUT2D eigenvalue weighted by Gasteiger charge is -2.21. The second-order valence-corrected chi connectivity index (χ2v) is 9.53. The number of unbranched alkanes of at least 4 members (excludes halogenated alkanes) is 1. The molecule has 0 radical (unpaired) electrons. The van der Waals surface area contributed by atoms with Gasteiger partial charge >= 0.3 is 5.69 Å². The molecule has 29 heavy (non-hydrogen) atoms. The molecule has 1 aliphatic carbocycles. The number of Topliss-reactive ketones (excluding diaryl/α,β-unsaturated/α-hetero) is 1. The maximum absolute atomic E-state index is 12.9. The predicted molar refractivity (Wildman–Crippen MR) is 126 cm³/mol. The van der Waals surface area contributed by atoms with Crippen LogP contribution in [0.4, 0.5) is 5.69 Å². The lowest BCUT2D eigenvalue weighted by molar-refractivity contribution is -0.121. The molecule has 2 atom stereocenters. The summed E-state index contributed by atoms with van der Waals surface area (Å²) in [6.45, 7) is 6.25. The van der Waals surface area contributed by atoms with Crippen molar-refractivity contribution in [2.45, 2.75) is 65.7 Å². The molecule has 1 N–H and O–H groups in total. The molecule has 1 aliphatic rings. The predicted octanol–water partition coefficient (Wildman–Crippen LogP) is 5.33. The Hall–Kier alpha value is -1.34. The zero-order valence-electron chi connectivity index (χ0n) is 18.4. The van der Waals surface area contributed by atoms with Crippen LogP contribution in [-0.4, -0.2) is 20.7 Å². The molecule has 0 spiro atoms. The number of ketones is 1. The van der Waals surface area contributed by atoms with Gasteiger partial charge in [0.2, 0.25) is 0 Å². The van der Waals surface area contributed by atoms with Crippen LogP contribution in [0.1, 0.15) is 64.5 Å². The van der Waals surface area contributed by atoms with E-state index in [9.17, 15) is 9.59 Å². The molecule has 2 unspecified atom stereocenters. The first kappa shape index (κ1) is 23.9. The largest absolute Gasteiger partial charge is 0.347 e. The average molecular weight is 438 g/mol. The summed E-state index contributed by atoms with van der Waals surface area (Å²) < 4.78 is 3.56. The molecule has 0 amide bonds. The number of anilines is 1. The van der Waals surface area contributed by atoms with Crippen LogP contribution in [0.25, 0.3) is 0 Å². The van der Waals surface area contributed by atoms with Gasteiger partial charge in [-0.3, -0.25) is 13.9 Å². The summed E-state index contributed by atoms with van der Waals surface area (Å²) in [5.41, 5.74) is 1.42. The Balaban J connectivity index is 2.18. The molecule has 0 saturated heterocycles. The van der Waals surface area contributed by atoms with Crippen molar-refractivity contribution in [3.63, 3.8) is 0 Å². The van der Waals surface area contributed by atoms with Crippen LogP contribution in [0.2, 0.25) is 0 Å². The lowest BCUT2D eigenvalue weighted by Crippen LogP contribution is -2.30. The van der Waals surface area contributed by atoms with E-state index in [4.69, 9.17) is 12.2 Å². The fourth-order valence-corrected chi connectivity index (χ4v) is 5.06. The summed E-state index contributed by atoms with van der Waals surface area (Å²) in [4.78, 5) is 25.2. The van der Waals surface area contributed by atoms with Crippen molar-refractivity contribution in [1.29, 1.82) is 0 Å². The maximum atomic E-state index is 12.9. The molecule has 1 saturated carbocycles. The number of rotatable bonds is 8. The third-order valence-corrected chi connectivity index (χ3v) is 7.46. The number of nitrogens with one attached hydrogen (secondary N) is 1. The van der Waals surface area contributed by atoms with Crippen LogP contribution in [0.3, 0.4) is 0 Å². The van der Waals surface area contributed by atoms with Crippen molar-refractivity contribution in [3.05, 3.63) is 31.9 Å². The minimum atomic E-state index is -0.137. The van der Waals surface area contributed by atoms with E-state index in [1.165, 1.54) is 17.4 Å². The smallest absolute Gasteiger partial charge is 0.328 e. The first-order valence-corrected chi connectivity index (χ1v) is 12.1. The van der Waals surface area contributed by atoms with Crippen molar-refractivity contribution in [1.82, 2.24) is 9.13 Å². The highest BCUT2D eigenvalue weighted by atomic mass is 32.2. The highest BCUT2D eigenvalue weighted by molar-refractivity contribution is 8.03. The number of hydrogen-bond donors (Lipinski definition) is 1. The second kappa shape index (κ2) is 11.2. The first-order valence-electron chi connectivity index (χ1n) is 10.7. The van der Waals surface area contributed by atoms with E-state index in [1.54, 1.807) is 30.4 Å². The number of carbonyl (C=O) groups excluding carboxylic acids is 1. The van der Waals surface area contributed by atoms with Crippen molar-refractivity contribution < 1.29 is 4.79 Å². The van der Waals surface area contributed by atoms with Gasteiger partial charge in [-0.15, -0.1) is 11.8 Å². The van der Waals surface area contributed by atoms with Crippen LogP contribution >= 0.6 is 24.0 Å². The average Bonchev–Trinajstić information content (AvgIpc) is 2.93. The van der Waals surface area contributed by atoms with E-state index in [0.717, 1.165) is 48.5 Å². The van der Waals surface area contributed by atoms with Crippen LogP contribution in [-0.2, 0) is 18.9 Å². The quantitative estimate of drug-likeness (QED) is 0.440. The van der Waals surface area contributed by atoms with Crippen molar-refractivity contribution in [3.8, 4) is 0 Å². The number of allylic oxidation sites excluding steroid dienone is 1. The molecule has 0 aliphatic heterocycles. The van der Waals surface area contributed by atoms with Gasteiger partial charge in [0.15, 0.2) is 0 Å². The molecule has 2 rings (SSSR count). The third-order valence-electron chi connectivity index (χ3n) is 5.97. The molecular formula is C22H35N3O2S2. The van der Waals surface area contributed by atoms with Gasteiger partial charge in [0.1, 0.15) is 10.4 Å². The molecule has 1 heterocycles. The van der Waals surface area contributed by atoms with E-state index < -0.39 is 0 Å². The Morgan fingerprint density at radius 2 is 1.93 bits per heavy atom. The topological polar surface area (TPSA) is 56.0 Å². The van der Waals surface area contributed by atoms with Gasteiger partial charge in [0, 0.05) is 25.7 Å². The monoisotopic (exact) mass is 437 g/mol. The number of thioether (sulfide) groups is 1. The standard InChI is InChI=1S/C22H35N3O2S2/c1-6-7-13-19(23-20-16(3)24(4)22(27)25(5)21(20)28)29-14-18(26)17-12-10-8-9-11-15(17)2/h13,15,17,23H,6-12,14H2,1-5H3/b19-13-. The lowest BCUT2D eigenvalue weighted by atomic mass is 9.87. The Kier molecular flexibility index (Phi) is 9.21. The summed E-state index contributed by atoms with van der Waals surface area (Å²) in [5, 5.41) is 4.37. The maximum Gasteiger partial charge on any atom is 0.328 e. The fourth-order valence-electron chi connectivity index (χ4n) is 3.86. The highest BCUT2D eigenvalue weighted by Gasteiger charge is 2.26. The van der Waals surface area contributed by atoms with Gasteiger partial charge in [-0.2, -0.15) is 0 Å². The summed E-state index contributed by atoms with van der Waals surface area (Å²) in [7, 11) is 3.44. The Morgan fingerprint density at radius 1 is 1.24 bits per heavy atom. The zero-order valence-corrected chi connectivity index (χ0v) is 20.0. The number of nitrogens with zero attached hydrogens (tertiary/aromatic N) is 2. The Bertz CT molecular complexity index is 870. The minimum absolute atomic E-state index is 0.137. The summed E-state index contributed by atoms with van der Waals surface area (Å²) in [6.07, 6.45) is 9.91. The van der Waals surface area contributed by atoms with E-state index in [0.29, 0.717) is 22.1 Å². The minimum Gasteiger partial charge on any atom is -0.347 e. The Labute approximate surface area is 184 Å². The zero-order chi connectivity index (χ0) is 21.6. The highest BCUT2D eigenvalue weighted by Crippen LogP contribution is 2.31. The van der Waals surface area contributed by atoms with E-state index in [-0.39, 0.29) is 11.6 Å². The number of aromatic nitrogens is 2. The summed E-state index contributed by atoms with van der Waals surface area (Å²) in [5.74, 6) is 1.49. The van der Waals surface area contributed by atoms with Crippen LogP contribution in [0.15, 0.2) is 15.9 Å². The van der Waals surface area contributed by atoms with Gasteiger partial charge in [-0.25, -0.2) is 4.79 Å². The van der Waals surface area contributed by atoms with Gasteiger partial charge in [0.25, 0.3) is 0 Å². The molecule has 1 fully saturated rings. The number of carbonyl (C=O) groups is 1. The summed E-state index contributed by atoms with van der Waals surface area (Å²) in [6, 6.07) is 0. The van der Waals surface area contributed by atoms with Crippen molar-refractivity contribution in [2.75, 3.05) is 11.1 Å². The molecule has 5 nitrogen and oxygen atoms in total. The van der Waals surface area contributed by atoms with Crippen LogP contribution in [0, 0.1) is 23.4 Å². The van der Waals surface area contributed by atoms with Gasteiger partial charge in [-0.05, 0) is 25.7 Å². The van der Waals surface area contributed by atoms with Gasteiger partial charge in [0.05, 0.1) is 16.5 Å². The van der Waals surface area contributed by atoms with Gasteiger partial charge < -0.3 is 5.32 Å². The van der Waals surface area contributed by atoms with E-state index in [2.05, 4.69) is 25.2 Å². The van der Waals surface area contributed by atoms with Crippen molar-refractivity contribution in [2.24, 2.45) is 25.9 Å².